The van der Waals surface area contributed by atoms with Crippen LogP contribution in [-0.2, 0) is 6.54 Å². The molecular weight excluding hydrogens is 226 g/mol. The Balaban J connectivity index is 1.43. The van der Waals surface area contributed by atoms with Gasteiger partial charge in [-0.1, -0.05) is 0 Å². The fraction of sp³-hybridized carbons (Fsp3) is 0.714. The zero-order valence-electron chi connectivity index (χ0n) is 11.0. The van der Waals surface area contributed by atoms with Gasteiger partial charge < -0.3 is 14.6 Å². The molecule has 3 rings (SSSR count). The lowest BCUT2D eigenvalue weighted by Crippen LogP contribution is -2.45. The van der Waals surface area contributed by atoms with E-state index in [1.54, 1.807) is 6.26 Å². The van der Waals surface area contributed by atoms with Gasteiger partial charge in [0, 0.05) is 39.3 Å². The number of hydrogen-bond acceptors (Lipinski definition) is 4. The Kier molecular flexibility index (Phi) is 3.98. The molecule has 0 radical (unpaired) electrons. The van der Waals surface area contributed by atoms with Crippen LogP contribution in [0.5, 0.6) is 0 Å². The molecule has 2 fully saturated rings. The summed E-state index contributed by atoms with van der Waals surface area (Å²) in [6.45, 7) is 9.44. The smallest absolute Gasteiger partial charge is 0.117 e. The standard InChI is InChI=1S/C14H23N3O/c1-2-14(18-9-1)12-17-6-3-13(11-17)10-16-7-4-15-5-8-16/h1-2,9,13,15H,3-8,10-12H2. The van der Waals surface area contributed by atoms with Gasteiger partial charge >= 0.3 is 0 Å². The lowest BCUT2D eigenvalue weighted by atomic mass is 10.1. The SMILES string of the molecule is c1coc(CN2CCC(CN3CCNCC3)C2)c1. The molecule has 3 heterocycles. The molecule has 0 amide bonds. The highest BCUT2D eigenvalue weighted by Crippen LogP contribution is 2.20. The monoisotopic (exact) mass is 249 g/mol. The molecule has 2 aliphatic heterocycles. The van der Waals surface area contributed by atoms with Gasteiger partial charge in [-0.15, -0.1) is 0 Å². The Labute approximate surface area is 109 Å². The molecule has 0 bridgehead atoms. The zero-order chi connectivity index (χ0) is 12.2. The Bertz CT molecular complexity index is 346. The third kappa shape index (κ3) is 3.13. The van der Waals surface area contributed by atoms with Gasteiger partial charge in [0.2, 0.25) is 0 Å². The predicted molar refractivity (Wildman–Crippen MR) is 71.4 cm³/mol. The summed E-state index contributed by atoms with van der Waals surface area (Å²) in [5.74, 6) is 1.94. The maximum absolute atomic E-state index is 5.42. The largest absolute Gasteiger partial charge is 0.468 e. The van der Waals surface area contributed by atoms with Crippen molar-refractivity contribution in [2.45, 2.75) is 13.0 Å². The maximum Gasteiger partial charge on any atom is 0.117 e. The summed E-state index contributed by atoms with van der Waals surface area (Å²) in [5.41, 5.74) is 0. The van der Waals surface area contributed by atoms with E-state index >= 15 is 0 Å². The van der Waals surface area contributed by atoms with Gasteiger partial charge in [0.1, 0.15) is 5.76 Å². The van der Waals surface area contributed by atoms with Crippen molar-refractivity contribution >= 4 is 0 Å². The summed E-state index contributed by atoms with van der Waals surface area (Å²) in [4.78, 5) is 5.13. The molecule has 0 aliphatic carbocycles. The lowest BCUT2D eigenvalue weighted by Gasteiger charge is -2.29. The van der Waals surface area contributed by atoms with Crippen LogP contribution in [0.2, 0.25) is 0 Å². The molecule has 1 aromatic rings. The van der Waals surface area contributed by atoms with Crippen LogP contribution in [-0.4, -0.2) is 55.6 Å². The fourth-order valence-electron chi connectivity index (χ4n) is 3.09. The van der Waals surface area contributed by atoms with Crippen LogP contribution in [0.15, 0.2) is 22.8 Å². The first kappa shape index (κ1) is 12.2. The first-order valence-electron chi connectivity index (χ1n) is 7.08. The molecule has 18 heavy (non-hydrogen) atoms. The van der Waals surface area contributed by atoms with Gasteiger partial charge in [-0.3, -0.25) is 4.90 Å². The van der Waals surface area contributed by atoms with Gasteiger partial charge in [0.25, 0.3) is 0 Å². The van der Waals surface area contributed by atoms with Gasteiger partial charge in [-0.2, -0.15) is 0 Å². The normalized spacial score (nSPS) is 26.8. The van der Waals surface area contributed by atoms with Crippen molar-refractivity contribution in [2.24, 2.45) is 5.92 Å². The highest BCUT2D eigenvalue weighted by atomic mass is 16.3. The Hall–Kier alpha value is -0.840. The van der Waals surface area contributed by atoms with Crippen LogP contribution in [0, 0.1) is 5.92 Å². The summed E-state index contributed by atoms with van der Waals surface area (Å²) in [5, 5.41) is 3.41. The maximum atomic E-state index is 5.42. The molecule has 0 aromatic carbocycles. The average Bonchev–Trinajstić information content (AvgIpc) is 3.03. The topological polar surface area (TPSA) is 31.7 Å². The van der Waals surface area contributed by atoms with E-state index in [-0.39, 0.29) is 0 Å². The van der Waals surface area contributed by atoms with Crippen molar-refractivity contribution in [1.82, 2.24) is 15.1 Å². The van der Waals surface area contributed by atoms with Crippen molar-refractivity contribution in [2.75, 3.05) is 45.8 Å². The summed E-state index contributed by atoms with van der Waals surface area (Å²) in [6.07, 6.45) is 3.11. The minimum atomic E-state index is 0.845. The number of piperazine rings is 1. The van der Waals surface area contributed by atoms with Crippen molar-refractivity contribution in [1.29, 1.82) is 0 Å². The molecule has 100 valence electrons. The highest BCUT2D eigenvalue weighted by Gasteiger charge is 2.25. The summed E-state index contributed by atoms with van der Waals surface area (Å²) < 4.78 is 5.42. The number of nitrogens with one attached hydrogen (secondary N) is 1. The molecule has 0 spiro atoms. The van der Waals surface area contributed by atoms with Crippen LogP contribution >= 0.6 is 0 Å². The third-order valence-corrected chi connectivity index (χ3v) is 4.06. The van der Waals surface area contributed by atoms with E-state index in [0.29, 0.717) is 0 Å². The average molecular weight is 249 g/mol. The molecule has 4 nitrogen and oxygen atoms in total. The van der Waals surface area contributed by atoms with Crippen LogP contribution in [0.1, 0.15) is 12.2 Å². The van der Waals surface area contributed by atoms with Crippen LogP contribution < -0.4 is 5.32 Å². The predicted octanol–water partition coefficient (Wildman–Crippen LogP) is 1.01. The Morgan fingerprint density at radius 2 is 2.11 bits per heavy atom. The molecular formula is C14H23N3O. The van der Waals surface area contributed by atoms with Crippen molar-refractivity contribution in [3.63, 3.8) is 0 Å². The fourth-order valence-corrected chi connectivity index (χ4v) is 3.09. The number of nitrogens with zero attached hydrogens (tertiary/aromatic N) is 2. The molecule has 2 aliphatic rings. The molecule has 1 unspecified atom stereocenters. The first-order chi connectivity index (χ1) is 8.90. The second kappa shape index (κ2) is 5.87. The summed E-state index contributed by atoms with van der Waals surface area (Å²) in [7, 11) is 0. The minimum Gasteiger partial charge on any atom is -0.468 e. The van der Waals surface area contributed by atoms with Gasteiger partial charge in [-0.25, -0.2) is 0 Å². The van der Waals surface area contributed by atoms with Gasteiger partial charge in [-0.05, 0) is 31.0 Å². The van der Waals surface area contributed by atoms with E-state index in [1.165, 1.54) is 39.1 Å². The number of rotatable bonds is 4. The minimum absolute atomic E-state index is 0.845. The van der Waals surface area contributed by atoms with E-state index in [4.69, 9.17) is 4.42 Å². The number of furan rings is 1. The Morgan fingerprint density at radius 3 is 2.89 bits per heavy atom. The van der Waals surface area contributed by atoms with E-state index in [9.17, 15) is 0 Å². The molecule has 1 atom stereocenters. The molecule has 1 aromatic heterocycles. The molecule has 1 N–H and O–H groups in total. The zero-order valence-corrected chi connectivity index (χ0v) is 11.0. The van der Waals surface area contributed by atoms with Crippen molar-refractivity contribution < 1.29 is 4.42 Å². The van der Waals surface area contributed by atoms with E-state index in [2.05, 4.69) is 21.2 Å². The van der Waals surface area contributed by atoms with Gasteiger partial charge in [0.05, 0.1) is 12.8 Å². The molecule has 2 saturated heterocycles. The third-order valence-electron chi connectivity index (χ3n) is 4.06. The summed E-state index contributed by atoms with van der Waals surface area (Å²) in [6, 6.07) is 4.05. The van der Waals surface area contributed by atoms with Crippen LogP contribution in [0.4, 0.5) is 0 Å². The molecule has 4 heteroatoms. The summed E-state index contributed by atoms with van der Waals surface area (Å²) >= 11 is 0. The van der Waals surface area contributed by atoms with E-state index < -0.39 is 0 Å². The molecule has 0 saturated carbocycles. The van der Waals surface area contributed by atoms with E-state index in [1.807, 2.05) is 6.07 Å². The lowest BCUT2D eigenvalue weighted by molar-refractivity contribution is 0.200. The number of hydrogen-bond donors (Lipinski definition) is 1. The first-order valence-corrected chi connectivity index (χ1v) is 7.08. The highest BCUT2D eigenvalue weighted by molar-refractivity contribution is 4.98. The quantitative estimate of drug-likeness (QED) is 0.863. The van der Waals surface area contributed by atoms with Crippen LogP contribution in [0.3, 0.4) is 0 Å². The van der Waals surface area contributed by atoms with Gasteiger partial charge in [0.15, 0.2) is 0 Å². The number of likely N-dealkylation sites (tertiary alicyclic amines) is 1. The van der Waals surface area contributed by atoms with Crippen LogP contribution in [0.25, 0.3) is 0 Å². The van der Waals surface area contributed by atoms with Crippen molar-refractivity contribution in [3.05, 3.63) is 24.2 Å². The second-order valence-electron chi connectivity index (χ2n) is 5.52. The second-order valence-corrected chi connectivity index (χ2v) is 5.52. The van der Waals surface area contributed by atoms with E-state index in [0.717, 1.165) is 31.3 Å². The Morgan fingerprint density at radius 1 is 1.22 bits per heavy atom. The van der Waals surface area contributed by atoms with Crippen molar-refractivity contribution in [3.8, 4) is 0 Å².